The zero-order valence-electron chi connectivity index (χ0n) is 63.9. The molecule has 5 aromatic rings. The smallest absolute Gasteiger partial charge is 0.0346 e. The van der Waals surface area contributed by atoms with Gasteiger partial charge in [0.25, 0.3) is 0 Å². The van der Waals surface area contributed by atoms with Crippen LogP contribution in [0.1, 0.15) is 271 Å². The van der Waals surface area contributed by atoms with Crippen molar-refractivity contribution >= 4 is 28.4 Å². The second kappa shape index (κ2) is 74.0. The van der Waals surface area contributed by atoms with Crippen molar-refractivity contribution < 1.29 is 0 Å². The number of nitrogen functional groups attached to an aromatic ring is 5. The summed E-state index contributed by atoms with van der Waals surface area (Å²) in [4.78, 5) is 0. The largest absolute Gasteiger partial charge is 0.399 e. The van der Waals surface area contributed by atoms with E-state index >= 15 is 0 Å². The standard InChI is InChI=1S/C10H23N.C9H21N.5C8H11N.C8H19N.C7H17N.C5H13N.C3H7N/c1-2-3-4-5-6-7-8-9-10-11;1-2-3-4-5-6-7-8-9-10;1-6-3-7(2)5-8(9)4-6;1-6-3-4-8(9)5-7(6)2;1-6-3-4-8(9)7(2)5-6;1-6-3-4-7(2)8(9)5-6;1-6-4-3-5-8(9)7(6)2;1-2-3-4-5-6-7-8-9;1-2-3-4-5-6-7-8;1-4(2)5(3)6;1-2-3-4/h2-11H2,1H3;2-10H2,1H3;5*3-5H,9H2,1-2H3;2-9H2,1H3;2-8H2,1H3;4-5H,6H2,1-3H3;2H,1,3-4H2. The van der Waals surface area contributed by atoms with E-state index in [4.69, 9.17) is 63.1 Å². The van der Waals surface area contributed by atoms with E-state index in [2.05, 4.69) is 100 Å². The molecule has 0 saturated carbocycles. The average molecular weight is 1300 g/mol. The summed E-state index contributed by atoms with van der Waals surface area (Å²) in [5.41, 5.74) is 76.3. The summed E-state index contributed by atoms with van der Waals surface area (Å²) in [6, 6.07) is 30.4. The minimum absolute atomic E-state index is 0.352. The van der Waals surface area contributed by atoms with Crippen LogP contribution in [0.15, 0.2) is 104 Å². The summed E-state index contributed by atoms with van der Waals surface area (Å²) >= 11 is 0. The van der Waals surface area contributed by atoms with Crippen molar-refractivity contribution in [1.29, 1.82) is 0 Å². The maximum absolute atomic E-state index is 5.62. The number of nitrogens with two attached hydrogens (primary N) is 11. The fourth-order valence-corrected chi connectivity index (χ4v) is 8.19. The van der Waals surface area contributed by atoms with Crippen LogP contribution in [-0.4, -0.2) is 38.8 Å². The average Bonchev–Trinajstić information content (AvgIpc) is 2.90. The first-order chi connectivity index (χ1) is 44.2. The van der Waals surface area contributed by atoms with Gasteiger partial charge in [-0.3, -0.25) is 0 Å². The van der Waals surface area contributed by atoms with Gasteiger partial charge in [-0.2, -0.15) is 0 Å². The van der Waals surface area contributed by atoms with Crippen LogP contribution in [-0.2, 0) is 0 Å². The molecule has 0 fully saturated rings. The van der Waals surface area contributed by atoms with Crippen molar-refractivity contribution in [2.75, 3.05) is 61.4 Å². The number of rotatable bonds is 28. The Morgan fingerprint density at radius 1 is 0.323 bits per heavy atom. The normalized spacial score (nSPS) is 10.0. The Balaban J connectivity index is -0.000000225. The van der Waals surface area contributed by atoms with Crippen LogP contribution >= 0.6 is 0 Å². The molecule has 22 N–H and O–H groups in total. The number of unbranched alkanes of at least 4 members (excludes halogenated alkanes) is 22. The Kier molecular flexibility index (Phi) is 78.5. The van der Waals surface area contributed by atoms with Crippen LogP contribution in [0.4, 0.5) is 28.4 Å². The predicted molar refractivity (Wildman–Crippen MR) is 428 cm³/mol. The van der Waals surface area contributed by atoms with Gasteiger partial charge in [0.1, 0.15) is 0 Å². The third-order valence-electron chi connectivity index (χ3n) is 15.2. The lowest BCUT2D eigenvalue weighted by atomic mass is 10.1. The topological polar surface area (TPSA) is 286 Å². The van der Waals surface area contributed by atoms with Gasteiger partial charge in [-0.05, 0) is 226 Å². The van der Waals surface area contributed by atoms with Gasteiger partial charge in [0.15, 0.2) is 0 Å². The van der Waals surface area contributed by atoms with Crippen molar-refractivity contribution in [1.82, 2.24) is 0 Å². The maximum atomic E-state index is 5.62. The molecule has 11 heteroatoms. The Hall–Kier alpha value is -5.40. The SMILES string of the molecule is C=CCN.CC(C)C(C)N.CCCCCCCCCCN.CCCCCCCCCN.CCCCCCCCN.CCCCCCCN.Cc1cc(C)cc(N)c1.Cc1ccc(C)c(N)c1.Cc1ccc(N)c(C)c1.Cc1ccc(N)cc1C.Cc1cccc(N)c1C. The Labute approximate surface area is 577 Å². The van der Waals surface area contributed by atoms with Gasteiger partial charge in [-0.25, -0.2) is 0 Å². The monoisotopic (exact) mass is 1290 g/mol. The first-order valence-electron chi connectivity index (χ1n) is 36.2. The molecule has 11 nitrogen and oxygen atoms in total. The highest BCUT2D eigenvalue weighted by molar-refractivity contribution is 5.50. The molecule has 0 saturated heterocycles. The molecule has 538 valence electrons. The molecule has 0 bridgehead atoms. The van der Waals surface area contributed by atoms with Gasteiger partial charge < -0.3 is 63.1 Å². The Bertz CT molecular complexity index is 2140. The molecule has 0 radical (unpaired) electrons. The quantitative estimate of drug-likeness (QED) is 0.0127. The fraction of sp³-hybridized carbons (Fsp3) is 0.610. The molecule has 0 heterocycles. The van der Waals surface area contributed by atoms with Gasteiger partial charge >= 0.3 is 0 Å². The van der Waals surface area contributed by atoms with Crippen LogP contribution in [0.2, 0.25) is 0 Å². The van der Waals surface area contributed by atoms with E-state index < -0.39 is 0 Å². The minimum atomic E-state index is 0.352. The van der Waals surface area contributed by atoms with E-state index in [0.29, 0.717) is 18.5 Å². The number of hydrogen-bond acceptors (Lipinski definition) is 11. The van der Waals surface area contributed by atoms with Crippen molar-refractivity contribution in [2.24, 2.45) is 40.3 Å². The van der Waals surface area contributed by atoms with E-state index in [0.717, 1.165) is 65.7 Å². The van der Waals surface area contributed by atoms with E-state index in [1.165, 1.54) is 211 Å². The summed E-state index contributed by atoms with van der Waals surface area (Å²) in [6.45, 7) is 43.1. The number of benzene rings is 5. The lowest BCUT2D eigenvalue weighted by Gasteiger charge is -2.05. The summed E-state index contributed by atoms with van der Waals surface area (Å²) in [7, 11) is 0. The Morgan fingerprint density at radius 3 is 0.925 bits per heavy atom. The highest BCUT2D eigenvalue weighted by Gasteiger charge is 1.97. The first-order valence-corrected chi connectivity index (χ1v) is 36.2. The third kappa shape index (κ3) is 75.5. The van der Waals surface area contributed by atoms with Gasteiger partial charge in [0, 0.05) is 41.0 Å². The van der Waals surface area contributed by atoms with Gasteiger partial charge in [0.05, 0.1) is 0 Å². The molecule has 1 atom stereocenters. The lowest BCUT2D eigenvalue weighted by molar-refractivity contribution is 0.529. The second-order valence-corrected chi connectivity index (χ2v) is 25.3. The molecule has 0 amide bonds. The van der Waals surface area contributed by atoms with Crippen LogP contribution in [0.5, 0.6) is 0 Å². The molecule has 0 aromatic heterocycles. The van der Waals surface area contributed by atoms with E-state index in [9.17, 15) is 0 Å². The number of anilines is 5. The second-order valence-electron chi connectivity index (χ2n) is 25.3. The maximum Gasteiger partial charge on any atom is 0.0346 e. The van der Waals surface area contributed by atoms with Crippen LogP contribution in [0.25, 0.3) is 0 Å². The van der Waals surface area contributed by atoms with E-state index in [1.54, 1.807) is 6.08 Å². The molecule has 0 aliphatic heterocycles. The molecule has 5 rings (SSSR count). The first kappa shape index (κ1) is 98.7. The zero-order chi connectivity index (χ0) is 72.0. The number of hydrogen-bond donors (Lipinski definition) is 11. The van der Waals surface area contributed by atoms with Gasteiger partial charge in [-0.1, -0.05) is 243 Å². The Morgan fingerprint density at radius 2 is 0.667 bits per heavy atom. The molecule has 0 aliphatic rings. The number of aryl methyl sites for hydroxylation is 9. The van der Waals surface area contributed by atoms with Gasteiger partial charge in [0.2, 0.25) is 0 Å². The predicted octanol–water partition coefficient (Wildman–Crippen LogP) is 20.6. The highest BCUT2D eigenvalue weighted by atomic mass is 14.6. The summed E-state index contributed by atoms with van der Waals surface area (Å²) < 4.78 is 0. The van der Waals surface area contributed by atoms with Crippen LogP contribution in [0.3, 0.4) is 0 Å². The van der Waals surface area contributed by atoms with Crippen LogP contribution in [0, 0.1) is 75.2 Å². The molecule has 1 unspecified atom stereocenters. The third-order valence-corrected chi connectivity index (χ3v) is 15.2. The van der Waals surface area contributed by atoms with Crippen molar-refractivity contribution in [3.63, 3.8) is 0 Å². The molecular formula is C82H155N11. The van der Waals surface area contributed by atoms with E-state index in [1.807, 2.05) is 115 Å². The van der Waals surface area contributed by atoms with Crippen LogP contribution < -0.4 is 63.1 Å². The summed E-state index contributed by atoms with van der Waals surface area (Å²) in [5, 5.41) is 0. The van der Waals surface area contributed by atoms with Gasteiger partial charge in [-0.15, -0.1) is 6.58 Å². The molecule has 5 aromatic carbocycles. The summed E-state index contributed by atoms with van der Waals surface area (Å²) in [6.07, 6.45) is 36.8. The van der Waals surface area contributed by atoms with Crippen molar-refractivity contribution in [3.8, 4) is 0 Å². The zero-order valence-corrected chi connectivity index (χ0v) is 63.9. The minimum Gasteiger partial charge on any atom is -0.399 e. The van der Waals surface area contributed by atoms with E-state index in [-0.39, 0.29) is 0 Å². The molecular weight excluding hydrogens is 1140 g/mol. The fourth-order valence-electron chi connectivity index (χ4n) is 8.19. The summed E-state index contributed by atoms with van der Waals surface area (Å²) in [5.74, 6) is 0.630. The highest BCUT2D eigenvalue weighted by Crippen LogP contribution is 2.15. The molecule has 0 spiro atoms. The molecule has 93 heavy (non-hydrogen) atoms. The van der Waals surface area contributed by atoms with Crippen molar-refractivity contribution in [2.45, 2.75) is 291 Å². The molecule has 0 aliphatic carbocycles. The lowest BCUT2D eigenvalue weighted by Crippen LogP contribution is -2.21. The van der Waals surface area contributed by atoms with Crippen molar-refractivity contribution in [3.05, 3.63) is 159 Å².